The van der Waals surface area contributed by atoms with Crippen molar-refractivity contribution in [3.63, 3.8) is 0 Å². The van der Waals surface area contributed by atoms with E-state index in [0.717, 1.165) is 24.2 Å². The van der Waals surface area contributed by atoms with Gasteiger partial charge in [-0.1, -0.05) is 44.5 Å². The summed E-state index contributed by atoms with van der Waals surface area (Å²) in [6.07, 6.45) is 4.64. The summed E-state index contributed by atoms with van der Waals surface area (Å²) in [6, 6.07) is 16.0. The number of benzene rings is 2. The van der Waals surface area contributed by atoms with Crippen LogP contribution in [-0.2, 0) is 22.4 Å². The predicted molar refractivity (Wildman–Crippen MR) is 110 cm³/mol. The minimum atomic E-state index is -0.317. The lowest BCUT2D eigenvalue weighted by Gasteiger charge is -2.17. The molecule has 1 heterocycles. The van der Waals surface area contributed by atoms with Crippen molar-refractivity contribution in [3.05, 3.63) is 59.7 Å². The number of unbranched alkanes of at least 4 members (excludes halogenated alkanes) is 1. The Morgan fingerprint density at radius 1 is 1.04 bits per heavy atom. The van der Waals surface area contributed by atoms with Gasteiger partial charge in [0.15, 0.2) is 0 Å². The van der Waals surface area contributed by atoms with Crippen LogP contribution in [0.5, 0.6) is 0 Å². The van der Waals surface area contributed by atoms with Gasteiger partial charge in [0, 0.05) is 24.3 Å². The van der Waals surface area contributed by atoms with E-state index in [-0.39, 0.29) is 24.2 Å². The molecule has 0 aliphatic carbocycles. The van der Waals surface area contributed by atoms with Crippen molar-refractivity contribution in [2.24, 2.45) is 5.92 Å². The standard InChI is InChI=1S/C23H28N2O2/c1-3-5-6-18-7-11-20(12-8-18)24-23(27)19-15-22(26)25(16-19)21-13-9-17(4-2)10-14-21/h7-14,19H,3-6,15-16H2,1-2H3,(H,24,27)/t19-/m1/s1. The van der Waals surface area contributed by atoms with Gasteiger partial charge in [-0.2, -0.15) is 0 Å². The van der Waals surface area contributed by atoms with E-state index in [2.05, 4.69) is 31.3 Å². The first-order valence-electron chi connectivity index (χ1n) is 9.89. The molecular weight excluding hydrogens is 336 g/mol. The van der Waals surface area contributed by atoms with Gasteiger partial charge in [0.05, 0.1) is 5.92 Å². The second kappa shape index (κ2) is 8.85. The summed E-state index contributed by atoms with van der Waals surface area (Å²) in [5.74, 6) is -0.394. The highest BCUT2D eigenvalue weighted by molar-refractivity contribution is 6.03. The molecule has 1 N–H and O–H groups in total. The van der Waals surface area contributed by atoms with Crippen molar-refractivity contribution in [1.82, 2.24) is 0 Å². The van der Waals surface area contributed by atoms with Crippen LogP contribution in [0.2, 0.25) is 0 Å². The molecule has 142 valence electrons. The molecule has 0 aromatic heterocycles. The maximum Gasteiger partial charge on any atom is 0.229 e. The van der Waals surface area contributed by atoms with Crippen molar-refractivity contribution in [2.45, 2.75) is 46.0 Å². The second-order valence-corrected chi connectivity index (χ2v) is 7.22. The van der Waals surface area contributed by atoms with E-state index in [1.807, 2.05) is 36.4 Å². The van der Waals surface area contributed by atoms with E-state index in [1.54, 1.807) is 4.90 Å². The smallest absolute Gasteiger partial charge is 0.229 e. The van der Waals surface area contributed by atoms with Crippen LogP contribution in [-0.4, -0.2) is 18.4 Å². The van der Waals surface area contributed by atoms with Crippen LogP contribution in [0.4, 0.5) is 11.4 Å². The number of carbonyl (C=O) groups is 2. The lowest BCUT2D eigenvalue weighted by atomic mass is 10.1. The van der Waals surface area contributed by atoms with Crippen molar-refractivity contribution in [2.75, 3.05) is 16.8 Å². The highest BCUT2D eigenvalue weighted by Crippen LogP contribution is 2.26. The number of anilines is 2. The first kappa shape index (κ1) is 19.2. The number of aryl methyl sites for hydroxylation is 2. The van der Waals surface area contributed by atoms with Gasteiger partial charge in [-0.15, -0.1) is 0 Å². The third-order valence-electron chi connectivity index (χ3n) is 5.19. The van der Waals surface area contributed by atoms with E-state index >= 15 is 0 Å². The maximum absolute atomic E-state index is 12.6. The summed E-state index contributed by atoms with van der Waals surface area (Å²) < 4.78 is 0. The molecule has 4 nitrogen and oxygen atoms in total. The van der Waals surface area contributed by atoms with Crippen LogP contribution in [0.3, 0.4) is 0 Å². The average molecular weight is 364 g/mol. The number of rotatable bonds is 7. The van der Waals surface area contributed by atoms with Crippen LogP contribution in [0.15, 0.2) is 48.5 Å². The Kier molecular flexibility index (Phi) is 6.28. The quantitative estimate of drug-likeness (QED) is 0.781. The minimum absolute atomic E-state index is 0.00862. The summed E-state index contributed by atoms with van der Waals surface area (Å²) in [6.45, 7) is 4.72. The van der Waals surface area contributed by atoms with Crippen LogP contribution in [0.1, 0.15) is 44.2 Å². The Balaban J connectivity index is 1.59. The van der Waals surface area contributed by atoms with E-state index in [9.17, 15) is 9.59 Å². The number of carbonyl (C=O) groups excluding carboxylic acids is 2. The van der Waals surface area contributed by atoms with Gasteiger partial charge in [-0.25, -0.2) is 0 Å². The van der Waals surface area contributed by atoms with Crippen LogP contribution < -0.4 is 10.2 Å². The third-order valence-corrected chi connectivity index (χ3v) is 5.19. The van der Waals surface area contributed by atoms with Crippen LogP contribution in [0, 0.1) is 5.92 Å². The molecule has 1 fully saturated rings. The van der Waals surface area contributed by atoms with Crippen molar-refractivity contribution < 1.29 is 9.59 Å². The molecule has 0 radical (unpaired) electrons. The lowest BCUT2D eigenvalue weighted by molar-refractivity contribution is -0.122. The Morgan fingerprint density at radius 2 is 1.70 bits per heavy atom. The molecule has 2 amide bonds. The van der Waals surface area contributed by atoms with E-state index in [4.69, 9.17) is 0 Å². The topological polar surface area (TPSA) is 49.4 Å². The number of hydrogen-bond acceptors (Lipinski definition) is 2. The molecule has 1 atom stereocenters. The predicted octanol–water partition coefficient (Wildman–Crippen LogP) is 4.58. The maximum atomic E-state index is 12.6. The summed E-state index contributed by atoms with van der Waals surface area (Å²) in [7, 11) is 0. The lowest BCUT2D eigenvalue weighted by Crippen LogP contribution is -2.28. The average Bonchev–Trinajstić information content (AvgIpc) is 3.09. The van der Waals surface area contributed by atoms with Crippen molar-refractivity contribution in [3.8, 4) is 0 Å². The molecule has 1 saturated heterocycles. The molecule has 27 heavy (non-hydrogen) atoms. The molecule has 1 aliphatic heterocycles. The fraction of sp³-hybridized carbons (Fsp3) is 0.391. The second-order valence-electron chi connectivity index (χ2n) is 7.22. The first-order chi connectivity index (χ1) is 13.1. The minimum Gasteiger partial charge on any atom is -0.326 e. The molecule has 2 aromatic rings. The van der Waals surface area contributed by atoms with Gasteiger partial charge in [0.2, 0.25) is 11.8 Å². The highest BCUT2D eigenvalue weighted by atomic mass is 16.2. The Morgan fingerprint density at radius 3 is 2.33 bits per heavy atom. The van der Waals surface area contributed by atoms with Crippen LogP contribution in [0.25, 0.3) is 0 Å². The fourth-order valence-corrected chi connectivity index (χ4v) is 3.42. The number of amides is 2. The normalized spacial score (nSPS) is 16.6. The number of nitrogens with zero attached hydrogens (tertiary/aromatic N) is 1. The molecule has 1 aliphatic rings. The largest absolute Gasteiger partial charge is 0.326 e. The molecular formula is C23H28N2O2. The van der Waals surface area contributed by atoms with E-state index < -0.39 is 0 Å². The Bertz CT molecular complexity index is 781. The summed E-state index contributed by atoms with van der Waals surface area (Å²) >= 11 is 0. The fourth-order valence-electron chi connectivity index (χ4n) is 3.42. The molecule has 0 spiro atoms. The zero-order valence-electron chi connectivity index (χ0n) is 16.2. The monoisotopic (exact) mass is 364 g/mol. The first-order valence-corrected chi connectivity index (χ1v) is 9.89. The molecule has 0 bridgehead atoms. The van der Waals surface area contributed by atoms with Crippen molar-refractivity contribution in [1.29, 1.82) is 0 Å². The van der Waals surface area contributed by atoms with Gasteiger partial charge >= 0.3 is 0 Å². The SMILES string of the molecule is CCCCc1ccc(NC(=O)[C@@H]2CC(=O)N(c3ccc(CC)cc3)C2)cc1. The van der Waals surface area contributed by atoms with E-state index in [0.29, 0.717) is 6.54 Å². The van der Waals surface area contributed by atoms with Gasteiger partial charge < -0.3 is 10.2 Å². The molecule has 0 unspecified atom stereocenters. The third kappa shape index (κ3) is 4.76. The summed E-state index contributed by atoms with van der Waals surface area (Å²) in [5, 5.41) is 2.96. The highest BCUT2D eigenvalue weighted by Gasteiger charge is 2.35. The van der Waals surface area contributed by atoms with Gasteiger partial charge in [0.25, 0.3) is 0 Å². The summed E-state index contributed by atoms with van der Waals surface area (Å²) in [4.78, 5) is 26.7. The zero-order chi connectivity index (χ0) is 19.2. The molecule has 4 heteroatoms. The molecule has 3 rings (SSSR count). The zero-order valence-corrected chi connectivity index (χ0v) is 16.2. The summed E-state index contributed by atoms with van der Waals surface area (Å²) in [5.41, 5.74) is 4.18. The van der Waals surface area contributed by atoms with Gasteiger partial charge in [-0.05, 0) is 54.7 Å². The van der Waals surface area contributed by atoms with Gasteiger partial charge in [-0.3, -0.25) is 9.59 Å². The Hall–Kier alpha value is -2.62. The number of hydrogen-bond donors (Lipinski definition) is 1. The molecule has 2 aromatic carbocycles. The van der Waals surface area contributed by atoms with Crippen molar-refractivity contribution >= 4 is 23.2 Å². The Labute approximate surface area is 161 Å². The van der Waals surface area contributed by atoms with E-state index in [1.165, 1.54) is 24.0 Å². The number of nitrogens with one attached hydrogen (secondary N) is 1. The van der Waals surface area contributed by atoms with Gasteiger partial charge in [0.1, 0.15) is 0 Å². The molecule has 0 saturated carbocycles. The van der Waals surface area contributed by atoms with Crippen LogP contribution >= 0.6 is 0 Å².